The Balaban J connectivity index is 1.20. The summed E-state index contributed by atoms with van der Waals surface area (Å²) in [7, 11) is 1.75. The van der Waals surface area contributed by atoms with Gasteiger partial charge in [0.15, 0.2) is 0 Å². The lowest BCUT2D eigenvalue weighted by Gasteiger charge is -2.42. The molecular weight excluding hydrogens is 501 g/mol. The van der Waals surface area contributed by atoms with Crippen LogP contribution >= 0.6 is 0 Å². The molecule has 0 radical (unpaired) electrons. The maximum Gasteiger partial charge on any atom is 0.257 e. The molecule has 0 spiro atoms. The van der Waals surface area contributed by atoms with Crippen molar-refractivity contribution in [2.75, 3.05) is 25.5 Å². The van der Waals surface area contributed by atoms with Crippen molar-refractivity contribution in [1.29, 1.82) is 0 Å². The quantitative estimate of drug-likeness (QED) is 0.564. The van der Waals surface area contributed by atoms with Crippen molar-refractivity contribution < 1.29 is 28.2 Å². The Kier molecular flexibility index (Phi) is 8.45. The van der Waals surface area contributed by atoms with Crippen molar-refractivity contribution in [1.82, 2.24) is 10.2 Å². The molecule has 39 heavy (non-hydrogen) atoms. The lowest BCUT2D eigenvalue weighted by atomic mass is 9.89. The van der Waals surface area contributed by atoms with Crippen LogP contribution in [0.15, 0.2) is 42.5 Å². The zero-order chi connectivity index (χ0) is 27.4. The van der Waals surface area contributed by atoms with Gasteiger partial charge in [-0.2, -0.15) is 0 Å². The number of anilines is 1. The van der Waals surface area contributed by atoms with Gasteiger partial charge in [-0.15, -0.1) is 0 Å². The summed E-state index contributed by atoms with van der Waals surface area (Å²) in [5.41, 5.74) is 1.09. The van der Waals surface area contributed by atoms with E-state index in [9.17, 15) is 18.8 Å². The molecule has 1 saturated heterocycles. The second-order valence-electron chi connectivity index (χ2n) is 10.9. The predicted molar refractivity (Wildman–Crippen MR) is 144 cm³/mol. The molecule has 1 aliphatic carbocycles. The fourth-order valence-electron chi connectivity index (χ4n) is 5.84. The van der Waals surface area contributed by atoms with Gasteiger partial charge in [0.05, 0.1) is 24.1 Å². The molecule has 0 aromatic heterocycles. The van der Waals surface area contributed by atoms with Crippen molar-refractivity contribution in [3.63, 3.8) is 0 Å². The van der Waals surface area contributed by atoms with Crippen LogP contribution in [0.2, 0.25) is 0 Å². The van der Waals surface area contributed by atoms with Gasteiger partial charge in [0, 0.05) is 24.8 Å². The Morgan fingerprint density at radius 3 is 2.56 bits per heavy atom. The summed E-state index contributed by atoms with van der Waals surface area (Å²) < 4.78 is 25.5. The highest BCUT2D eigenvalue weighted by molar-refractivity contribution is 6.05. The highest BCUT2D eigenvalue weighted by atomic mass is 19.1. The largest absolute Gasteiger partial charge is 0.490 e. The zero-order valence-electron chi connectivity index (χ0n) is 22.3. The number of carbonyl (C=O) groups is 3. The number of likely N-dealkylation sites (N-methyl/N-ethyl adjacent to an activating group) is 1. The summed E-state index contributed by atoms with van der Waals surface area (Å²) >= 11 is 0. The monoisotopic (exact) mass is 537 g/mol. The summed E-state index contributed by atoms with van der Waals surface area (Å²) in [5.74, 6) is -0.0637. The molecule has 2 aromatic carbocycles. The average Bonchev–Trinajstić information content (AvgIpc) is 2.95. The maximum absolute atomic E-state index is 13.5. The molecule has 0 bridgehead atoms. The van der Waals surface area contributed by atoms with Gasteiger partial charge in [0.1, 0.15) is 24.3 Å². The van der Waals surface area contributed by atoms with Gasteiger partial charge in [-0.3, -0.25) is 14.4 Å². The fraction of sp³-hybridized carbons (Fsp3) is 0.500. The van der Waals surface area contributed by atoms with Gasteiger partial charge in [0.2, 0.25) is 5.91 Å². The van der Waals surface area contributed by atoms with Gasteiger partial charge in [-0.05, 0) is 74.1 Å². The van der Waals surface area contributed by atoms with Crippen LogP contribution < -0.4 is 15.4 Å². The number of halogens is 1. The summed E-state index contributed by atoms with van der Waals surface area (Å²) in [4.78, 5) is 40.3. The molecule has 5 rings (SSSR count). The van der Waals surface area contributed by atoms with Gasteiger partial charge >= 0.3 is 0 Å². The van der Waals surface area contributed by atoms with Crippen molar-refractivity contribution in [3.8, 4) is 5.75 Å². The van der Waals surface area contributed by atoms with Crippen LogP contribution in [0, 0.1) is 11.7 Å². The maximum atomic E-state index is 13.5. The Morgan fingerprint density at radius 1 is 1.03 bits per heavy atom. The molecule has 8 nitrogen and oxygen atoms in total. The van der Waals surface area contributed by atoms with E-state index in [-0.39, 0.29) is 36.7 Å². The molecule has 3 amide bonds. The Labute approximate surface area is 228 Å². The van der Waals surface area contributed by atoms with Gasteiger partial charge in [-0.25, -0.2) is 4.39 Å². The minimum absolute atomic E-state index is 0.0146. The Bertz CT molecular complexity index is 1200. The van der Waals surface area contributed by atoms with Crippen LogP contribution in [0.3, 0.4) is 0 Å². The minimum Gasteiger partial charge on any atom is -0.490 e. The molecule has 2 heterocycles. The number of ether oxygens (including phenoxy) is 2. The lowest BCUT2D eigenvalue weighted by Crippen LogP contribution is -2.54. The number of nitrogens with zero attached hydrogens (tertiary/aromatic N) is 1. The smallest absolute Gasteiger partial charge is 0.257 e. The third-order valence-electron chi connectivity index (χ3n) is 8.10. The third kappa shape index (κ3) is 6.58. The Morgan fingerprint density at radius 2 is 1.79 bits per heavy atom. The molecule has 208 valence electrons. The SMILES string of the molecule is CN1C(=O)c2cc(NC(=O)c3ccc(F)cc3)ccc2OC[C@H]2O[C@@H](CC(=O)NCC3CCCCC3)CC[C@@H]21. The number of rotatable bonds is 6. The molecular formula is C30H36FN3O5. The zero-order valence-corrected chi connectivity index (χ0v) is 22.3. The molecule has 0 unspecified atom stereocenters. The van der Waals surface area contributed by atoms with Crippen LogP contribution in [-0.2, 0) is 9.53 Å². The molecule has 3 atom stereocenters. The normalized spacial score (nSPS) is 23.5. The van der Waals surface area contributed by atoms with Crippen LogP contribution in [0.5, 0.6) is 5.75 Å². The van der Waals surface area contributed by atoms with E-state index in [0.717, 1.165) is 6.54 Å². The number of hydrogen-bond donors (Lipinski definition) is 2. The Hall–Kier alpha value is -3.46. The van der Waals surface area contributed by atoms with E-state index < -0.39 is 11.7 Å². The first-order valence-electron chi connectivity index (χ1n) is 13.9. The van der Waals surface area contributed by atoms with Gasteiger partial charge in [0.25, 0.3) is 11.8 Å². The van der Waals surface area contributed by atoms with E-state index in [4.69, 9.17) is 9.47 Å². The van der Waals surface area contributed by atoms with Gasteiger partial charge < -0.3 is 25.0 Å². The first-order chi connectivity index (χ1) is 18.9. The fourth-order valence-corrected chi connectivity index (χ4v) is 5.84. The van der Waals surface area contributed by atoms with Crippen molar-refractivity contribution in [2.45, 2.75) is 69.6 Å². The van der Waals surface area contributed by atoms with Crippen LogP contribution in [-0.4, -0.2) is 61.1 Å². The predicted octanol–water partition coefficient (Wildman–Crippen LogP) is 4.55. The molecule has 1 saturated carbocycles. The molecule has 2 fully saturated rings. The highest BCUT2D eigenvalue weighted by Crippen LogP contribution is 2.33. The van der Waals surface area contributed by atoms with E-state index in [1.165, 1.54) is 56.4 Å². The van der Waals surface area contributed by atoms with Crippen molar-refractivity contribution in [2.24, 2.45) is 5.92 Å². The number of benzene rings is 2. The molecule has 9 heteroatoms. The topological polar surface area (TPSA) is 97.0 Å². The third-order valence-corrected chi connectivity index (χ3v) is 8.10. The van der Waals surface area contributed by atoms with E-state index >= 15 is 0 Å². The second-order valence-corrected chi connectivity index (χ2v) is 10.9. The number of hydrogen-bond acceptors (Lipinski definition) is 5. The van der Waals surface area contributed by atoms with E-state index in [2.05, 4.69) is 10.6 Å². The molecule has 3 aliphatic rings. The average molecular weight is 538 g/mol. The second kappa shape index (κ2) is 12.2. The molecule has 2 aromatic rings. The van der Waals surface area contributed by atoms with E-state index in [1.807, 2.05) is 0 Å². The van der Waals surface area contributed by atoms with Gasteiger partial charge in [-0.1, -0.05) is 19.3 Å². The first kappa shape index (κ1) is 27.1. The van der Waals surface area contributed by atoms with Crippen molar-refractivity contribution >= 4 is 23.4 Å². The number of fused-ring (bicyclic) bond motifs is 2. The summed E-state index contributed by atoms with van der Waals surface area (Å²) in [5, 5.41) is 5.85. The standard InChI is InChI=1S/C30H36FN3O5/c1-34-25-13-12-23(16-28(35)32-17-19-5-3-2-4-6-19)39-27(25)18-38-26-14-11-22(15-24(26)30(34)37)33-29(36)20-7-9-21(31)10-8-20/h7-11,14-15,19,23,25,27H,2-6,12-13,16-18H2,1H3,(H,32,35)(H,33,36)/t23-,25+,27-/m1/s1. The molecule has 2 aliphatic heterocycles. The number of carbonyl (C=O) groups excluding carboxylic acids is 3. The van der Waals surface area contributed by atoms with Crippen LogP contribution in [0.1, 0.15) is 72.1 Å². The molecule has 2 N–H and O–H groups in total. The van der Waals surface area contributed by atoms with E-state index in [0.29, 0.717) is 47.7 Å². The number of nitrogens with one attached hydrogen (secondary N) is 2. The van der Waals surface area contributed by atoms with E-state index in [1.54, 1.807) is 30.1 Å². The summed E-state index contributed by atoms with van der Waals surface area (Å²) in [6.45, 7) is 0.984. The minimum atomic E-state index is -0.423. The number of amides is 3. The van der Waals surface area contributed by atoms with Crippen molar-refractivity contribution in [3.05, 3.63) is 59.4 Å². The lowest BCUT2D eigenvalue weighted by molar-refractivity contribution is -0.134. The summed E-state index contributed by atoms with van der Waals surface area (Å²) in [6, 6.07) is 9.96. The van der Waals surface area contributed by atoms with Crippen LogP contribution in [0.25, 0.3) is 0 Å². The first-order valence-corrected chi connectivity index (χ1v) is 13.9. The van der Waals surface area contributed by atoms with Crippen LogP contribution in [0.4, 0.5) is 10.1 Å². The highest BCUT2D eigenvalue weighted by Gasteiger charge is 2.39. The summed E-state index contributed by atoms with van der Waals surface area (Å²) in [6.07, 6.45) is 7.28.